The number of hydrogen-bond donors (Lipinski definition) is 2. The lowest BCUT2D eigenvalue weighted by Gasteiger charge is -2.09. The first kappa shape index (κ1) is 22.2. The largest absolute Gasteiger partial charge is 0.506 e. The van der Waals surface area contributed by atoms with E-state index in [0.717, 1.165) is 40.9 Å². The molecule has 30 heavy (non-hydrogen) atoms. The number of aryl methyl sites for hydroxylation is 1. The second kappa shape index (κ2) is 10.5. The van der Waals surface area contributed by atoms with E-state index >= 15 is 0 Å². The zero-order chi connectivity index (χ0) is 21.5. The van der Waals surface area contributed by atoms with Crippen molar-refractivity contribution in [1.82, 2.24) is 9.97 Å². The lowest BCUT2D eigenvalue weighted by atomic mass is 10.2. The summed E-state index contributed by atoms with van der Waals surface area (Å²) in [5, 5.41) is 14.6. The molecule has 0 saturated carbocycles. The fourth-order valence-electron chi connectivity index (χ4n) is 2.64. The molecule has 0 aliphatic carbocycles. The van der Waals surface area contributed by atoms with Crippen molar-refractivity contribution in [2.24, 2.45) is 5.10 Å². The number of hydrazone groups is 1. The molecule has 0 radical (unpaired) electrons. The van der Waals surface area contributed by atoms with Crippen LogP contribution in [-0.2, 0) is 0 Å². The van der Waals surface area contributed by atoms with Gasteiger partial charge in [-0.15, -0.1) is 0 Å². The number of nitrogens with one attached hydrogen (secondary N) is 1. The van der Waals surface area contributed by atoms with Gasteiger partial charge in [-0.2, -0.15) is 5.10 Å². The highest BCUT2D eigenvalue weighted by Crippen LogP contribution is 2.37. The average Bonchev–Trinajstić information content (AvgIpc) is 2.71. The normalized spacial score (nSPS) is 11.1. The Bertz CT molecular complexity index is 1040. The van der Waals surface area contributed by atoms with E-state index in [1.54, 1.807) is 24.4 Å². The molecule has 0 bridgehead atoms. The molecule has 0 spiro atoms. The summed E-state index contributed by atoms with van der Waals surface area (Å²) in [6, 6.07) is 13.1. The van der Waals surface area contributed by atoms with Gasteiger partial charge in [0, 0.05) is 16.2 Å². The Morgan fingerprint density at radius 2 is 1.90 bits per heavy atom. The van der Waals surface area contributed by atoms with Crippen molar-refractivity contribution in [2.75, 3.05) is 12.0 Å². The second-order valence-electron chi connectivity index (χ2n) is 6.64. The highest BCUT2D eigenvalue weighted by molar-refractivity contribution is 9.11. The van der Waals surface area contributed by atoms with Gasteiger partial charge < -0.3 is 9.84 Å². The van der Waals surface area contributed by atoms with Crippen molar-refractivity contribution in [3.8, 4) is 22.9 Å². The maximum Gasteiger partial charge on any atom is 0.165 e. The molecule has 2 aromatic carbocycles. The van der Waals surface area contributed by atoms with E-state index in [4.69, 9.17) is 4.74 Å². The lowest BCUT2D eigenvalue weighted by molar-refractivity contribution is 0.309. The van der Waals surface area contributed by atoms with Gasteiger partial charge in [-0.05, 0) is 71.2 Å². The molecule has 8 heteroatoms. The van der Waals surface area contributed by atoms with Gasteiger partial charge >= 0.3 is 0 Å². The molecule has 156 valence electrons. The maximum atomic E-state index is 10.4. The third-order valence-electron chi connectivity index (χ3n) is 4.16. The van der Waals surface area contributed by atoms with Crippen molar-refractivity contribution < 1.29 is 9.84 Å². The summed E-state index contributed by atoms with van der Waals surface area (Å²) in [6.07, 6.45) is 3.86. The number of nitrogens with zero attached hydrogens (tertiary/aromatic N) is 3. The standard InChI is InChI=1S/C22H22Br2N4O2/c1-3-4-9-30-17-7-5-15(6-8-17)13-25-28-20-10-14(2)26-22(27-20)18-11-16(23)12-19(24)21(18)29/h5-8,10-13,29H,3-4,9H2,1-2H3,(H,26,27,28)/b25-13-. The van der Waals surface area contributed by atoms with E-state index in [9.17, 15) is 5.11 Å². The number of halogens is 2. The highest BCUT2D eigenvalue weighted by atomic mass is 79.9. The highest BCUT2D eigenvalue weighted by Gasteiger charge is 2.13. The molecule has 0 aliphatic rings. The Balaban J connectivity index is 1.72. The Morgan fingerprint density at radius 3 is 2.63 bits per heavy atom. The Morgan fingerprint density at radius 1 is 1.13 bits per heavy atom. The van der Waals surface area contributed by atoms with Crippen LogP contribution in [0.2, 0.25) is 0 Å². The van der Waals surface area contributed by atoms with E-state index < -0.39 is 0 Å². The van der Waals surface area contributed by atoms with Gasteiger partial charge in [0.1, 0.15) is 11.5 Å². The van der Waals surface area contributed by atoms with Crippen LogP contribution in [0.5, 0.6) is 11.5 Å². The van der Waals surface area contributed by atoms with Crippen LogP contribution >= 0.6 is 31.9 Å². The van der Waals surface area contributed by atoms with Gasteiger partial charge in [0.25, 0.3) is 0 Å². The third kappa shape index (κ3) is 6.03. The van der Waals surface area contributed by atoms with Crippen molar-refractivity contribution in [3.05, 3.63) is 62.7 Å². The number of hydrogen-bond acceptors (Lipinski definition) is 6. The molecule has 3 aromatic rings. The fraction of sp³-hybridized carbons (Fsp3) is 0.227. The lowest BCUT2D eigenvalue weighted by Crippen LogP contribution is -1.99. The molecule has 2 N–H and O–H groups in total. The van der Waals surface area contributed by atoms with Gasteiger partial charge in [0.2, 0.25) is 0 Å². The van der Waals surface area contributed by atoms with Crippen LogP contribution in [0.3, 0.4) is 0 Å². The number of aromatic hydroxyl groups is 1. The Kier molecular flexibility index (Phi) is 7.81. The molecule has 0 amide bonds. The molecule has 0 fully saturated rings. The molecule has 3 rings (SSSR count). The number of phenolic OH excluding ortho intramolecular Hbond substituents is 1. The number of ether oxygens (including phenoxy) is 1. The molecule has 0 saturated heterocycles. The van der Waals surface area contributed by atoms with Crippen molar-refractivity contribution >= 4 is 43.9 Å². The summed E-state index contributed by atoms with van der Waals surface area (Å²) in [4.78, 5) is 8.91. The molecule has 6 nitrogen and oxygen atoms in total. The van der Waals surface area contributed by atoms with Gasteiger partial charge in [0.05, 0.1) is 22.9 Å². The van der Waals surface area contributed by atoms with E-state index in [-0.39, 0.29) is 5.75 Å². The summed E-state index contributed by atoms with van der Waals surface area (Å²) in [5.74, 6) is 1.87. The van der Waals surface area contributed by atoms with Crippen molar-refractivity contribution in [1.29, 1.82) is 0 Å². The average molecular weight is 534 g/mol. The van der Waals surface area contributed by atoms with E-state index in [1.807, 2.05) is 31.2 Å². The minimum atomic E-state index is 0.0829. The van der Waals surface area contributed by atoms with Crippen LogP contribution in [0.4, 0.5) is 5.82 Å². The van der Waals surface area contributed by atoms with Crippen LogP contribution in [0.1, 0.15) is 31.0 Å². The first-order valence-corrected chi connectivity index (χ1v) is 11.1. The Labute approximate surface area is 192 Å². The molecule has 1 aromatic heterocycles. The number of unbranched alkanes of at least 4 members (excludes halogenated alkanes) is 1. The number of phenols is 1. The fourth-order valence-corrected chi connectivity index (χ4v) is 3.87. The predicted molar refractivity (Wildman–Crippen MR) is 127 cm³/mol. The minimum absolute atomic E-state index is 0.0829. The molecule has 1 heterocycles. The summed E-state index contributed by atoms with van der Waals surface area (Å²) in [7, 11) is 0. The zero-order valence-electron chi connectivity index (χ0n) is 16.7. The number of rotatable bonds is 8. The van der Waals surface area contributed by atoms with Crippen LogP contribution in [-0.4, -0.2) is 27.9 Å². The van der Waals surface area contributed by atoms with Crippen LogP contribution < -0.4 is 10.2 Å². The second-order valence-corrected chi connectivity index (χ2v) is 8.41. The summed E-state index contributed by atoms with van der Waals surface area (Å²) >= 11 is 6.76. The molecule has 0 atom stereocenters. The minimum Gasteiger partial charge on any atom is -0.506 e. The zero-order valence-corrected chi connectivity index (χ0v) is 19.9. The van der Waals surface area contributed by atoms with Crippen LogP contribution in [0.15, 0.2) is 56.5 Å². The first-order chi connectivity index (χ1) is 14.5. The van der Waals surface area contributed by atoms with E-state index in [0.29, 0.717) is 21.7 Å². The van der Waals surface area contributed by atoms with Gasteiger partial charge in [0.15, 0.2) is 11.6 Å². The predicted octanol–water partition coefficient (Wildman–Crippen LogP) is 6.31. The number of anilines is 1. The molecular formula is C22H22Br2N4O2. The molecular weight excluding hydrogens is 512 g/mol. The quantitative estimate of drug-likeness (QED) is 0.201. The van der Waals surface area contributed by atoms with Crippen molar-refractivity contribution in [2.45, 2.75) is 26.7 Å². The summed E-state index contributed by atoms with van der Waals surface area (Å²) in [6.45, 7) is 4.73. The SMILES string of the molecule is CCCCOc1ccc(/C=N\Nc2cc(C)nc(-c3cc(Br)cc(Br)c3O)n2)cc1. The summed E-state index contributed by atoms with van der Waals surface area (Å²) in [5.41, 5.74) is 5.14. The Hall–Kier alpha value is -2.45. The first-order valence-electron chi connectivity index (χ1n) is 9.52. The van der Waals surface area contributed by atoms with Gasteiger partial charge in [-0.3, -0.25) is 5.43 Å². The third-order valence-corrected chi connectivity index (χ3v) is 5.23. The number of benzene rings is 2. The van der Waals surface area contributed by atoms with Crippen molar-refractivity contribution in [3.63, 3.8) is 0 Å². The monoisotopic (exact) mass is 532 g/mol. The maximum absolute atomic E-state index is 10.4. The van der Waals surface area contributed by atoms with E-state index in [1.165, 1.54) is 0 Å². The van der Waals surface area contributed by atoms with Crippen LogP contribution in [0, 0.1) is 6.92 Å². The van der Waals surface area contributed by atoms with Crippen LogP contribution in [0.25, 0.3) is 11.4 Å². The number of aromatic nitrogens is 2. The van der Waals surface area contributed by atoms with Gasteiger partial charge in [-0.1, -0.05) is 29.3 Å². The van der Waals surface area contributed by atoms with Gasteiger partial charge in [-0.25, -0.2) is 9.97 Å². The topological polar surface area (TPSA) is 79.6 Å². The summed E-state index contributed by atoms with van der Waals surface area (Å²) < 4.78 is 7.03. The molecule has 0 unspecified atom stereocenters. The smallest absolute Gasteiger partial charge is 0.165 e. The van der Waals surface area contributed by atoms with E-state index in [2.05, 4.69) is 59.3 Å². The molecule has 0 aliphatic heterocycles.